The third-order valence-electron chi connectivity index (χ3n) is 5.98. The van der Waals surface area contributed by atoms with E-state index in [1.807, 2.05) is 25.1 Å². The molecule has 0 heterocycles. The SMILES string of the molecule is CCCNC(=O)[C@@H](CC)N(Cc1ccc(F)cc1)C(=O)CN(c1ccc(Oc2ccccc2)cc1)S(C)(=O)=O. The number of carbonyl (C=O) groups is 2. The number of sulfonamides is 1. The lowest BCUT2D eigenvalue weighted by molar-refractivity contribution is -0.140. The van der Waals surface area contributed by atoms with Crippen LogP contribution in [0.1, 0.15) is 32.3 Å². The molecule has 0 spiro atoms. The molecule has 0 saturated carbocycles. The van der Waals surface area contributed by atoms with E-state index in [1.165, 1.54) is 29.2 Å². The van der Waals surface area contributed by atoms with Gasteiger partial charge in [0.2, 0.25) is 21.8 Å². The van der Waals surface area contributed by atoms with E-state index in [0.717, 1.165) is 17.0 Å². The number of para-hydroxylation sites is 1. The van der Waals surface area contributed by atoms with E-state index in [2.05, 4.69) is 5.32 Å². The predicted molar refractivity (Wildman–Crippen MR) is 149 cm³/mol. The molecule has 0 bridgehead atoms. The highest BCUT2D eigenvalue weighted by atomic mass is 32.2. The largest absolute Gasteiger partial charge is 0.457 e. The van der Waals surface area contributed by atoms with Gasteiger partial charge in [-0.05, 0) is 66.9 Å². The van der Waals surface area contributed by atoms with Gasteiger partial charge in [0.25, 0.3) is 0 Å². The number of ether oxygens (including phenoxy) is 1. The van der Waals surface area contributed by atoms with E-state index >= 15 is 0 Å². The maximum Gasteiger partial charge on any atom is 0.244 e. The number of benzene rings is 3. The summed E-state index contributed by atoms with van der Waals surface area (Å²) in [5, 5.41) is 2.82. The normalized spacial score (nSPS) is 11.9. The van der Waals surface area contributed by atoms with Gasteiger partial charge in [0.15, 0.2) is 0 Å². The lowest BCUT2D eigenvalue weighted by atomic mass is 10.1. The second-order valence-electron chi connectivity index (χ2n) is 9.04. The second-order valence-corrected chi connectivity index (χ2v) is 10.9. The van der Waals surface area contributed by atoms with Gasteiger partial charge in [-0.25, -0.2) is 12.8 Å². The standard InChI is InChI=1S/C29H34FN3O5S/c1-4-19-31-29(35)27(5-2)32(20-22-11-13-23(30)14-12-22)28(34)21-33(39(3,36)37)24-15-17-26(18-16-24)38-25-9-7-6-8-10-25/h6-18,27H,4-5,19-21H2,1-3H3,(H,31,35)/t27-/m1/s1. The number of hydrogen-bond donors (Lipinski definition) is 1. The molecule has 1 atom stereocenters. The molecule has 0 unspecified atom stereocenters. The van der Waals surface area contributed by atoms with Gasteiger partial charge in [-0.3, -0.25) is 13.9 Å². The van der Waals surface area contributed by atoms with Crippen molar-refractivity contribution in [3.63, 3.8) is 0 Å². The third kappa shape index (κ3) is 8.54. The van der Waals surface area contributed by atoms with Gasteiger partial charge in [0.1, 0.15) is 29.9 Å². The molecule has 10 heteroatoms. The van der Waals surface area contributed by atoms with Crippen molar-refractivity contribution >= 4 is 27.5 Å². The second kappa shape index (κ2) is 13.7. The highest BCUT2D eigenvalue weighted by Crippen LogP contribution is 2.26. The van der Waals surface area contributed by atoms with Crippen LogP contribution in [0.5, 0.6) is 11.5 Å². The van der Waals surface area contributed by atoms with Crippen LogP contribution in [0.4, 0.5) is 10.1 Å². The van der Waals surface area contributed by atoms with Crippen LogP contribution in [0.15, 0.2) is 78.9 Å². The van der Waals surface area contributed by atoms with Gasteiger partial charge in [0.05, 0.1) is 11.9 Å². The highest BCUT2D eigenvalue weighted by Gasteiger charge is 2.31. The van der Waals surface area contributed by atoms with Gasteiger partial charge in [-0.1, -0.05) is 44.2 Å². The predicted octanol–water partition coefficient (Wildman–Crippen LogP) is 4.72. The summed E-state index contributed by atoms with van der Waals surface area (Å²) in [5.41, 5.74) is 0.885. The molecule has 39 heavy (non-hydrogen) atoms. The fourth-order valence-electron chi connectivity index (χ4n) is 3.99. The Kier molecular flexibility index (Phi) is 10.4. The molecule has 1 N–H and O–H groups in total. The zero-order valence-electron chi connectivity index (χ0n) is 22.3. The van der Waals surface area contributed by atoms with Crippen molar-refractivity contribution in [2.75, 3.05) is 23.7 Å². The summed E-state index contributed by atoms with van der Waals surface area (Å²) in [5.74, 6) is -0.187. The van der Waals surface area contributed by atoms with E-state index < -0.39 is 34.3 Å². The van der Waals surface area contributed by atoms with E-state index in [-0.39, 0.29) is 18.1 Å². The number of rotatable bonds is 13. The zero-order chi connectivity index (χ0) is 28.4. The van der Waals surface area contributed by atoms with E-state index in [1.54, 1.807) is 43.3 Å². The Labute approximate surface area is 229 Å². The minimum absolute atomic E-state index is 0.0125. The number of carbonyl (C=O) groups excluding carboxylic acids is 2. The molecule has 208 valence electrons. The first-order valence-electron chi connectivity index (χ1n) is 12.7. The van der Waals surface area contributed by atoms with Crippen molar-refractivity contribution in [3.8, 4) is 11.5 Å². The van der Waals surface area contributed by atoms with Crippen molar-refractivity contribution in [1.82, 2.24) is 10.2 Å². The summed E-state index contributed by atoms with van der Waals surface area (Å²) in [6.07, 6.45) is 2.05. The maximum atomic E-state index is 13.7. The summed E-state index contributed by atoms with van der Waals surface area (Å²) < 4.78 is 45.8. The van der Waals surface area contributed by atoms with Crippen LogP contribution in [0, 0.1) is 5.82 Å². The van der Waals surface area contributed by atoms with Crippen LogP contribution in [-0.2, 0) is 26.2 Å². The molecule has 0 aliphatic heterocycles. The summed E-state index contributed by atoms with van der Waals surface area (Å²) >= 11 is 0. The number of anilines is 1. The molecule has 3 aromatic carbocycles. The monoisotopic (exact) mass is 555 g/mol. The summed E-state index contributed by atoms with van der Waals surface area (Å²) in [7, 11) is -3.87. The number of nitrogens with zero attached hydrogens (tertiary/aromatic N) is 2. The quantitative estimate of drug-likeness (QED) is 0.329. The number of halogens is 1. The van der Waals surface area contributed by atoms with Crippen molar-refractivity contribution in [2.45, 2.75) is 39.3 Å². The molecular formula is C29H34FN3O5S. The van der Waals surface area contributed by atoms with Crippen LogP contribution in [0.2, 0.25) is 0 Å². The number of nitrogens with one attached hydrogen (secondary N) is 1. The van der Waals surface area contributed by atoms with Crippen LogP contribution in [0.25, 0.3) is 0 Å². The Morgan fingerprint density at radius 1 is 0.923 bits per heavy atom. The van der Waals surface area contributed by atoms with E-state index in [9.17, 15) is 22.4 Å². The lowest BCUT2D eigenvalue weighted by Crippen LogP contribution is -2.52. The number of amides is 2. The van der Waals surface area contributed by atoms with Crippen LogP contribution in [0.3, 0.4) is 0 Å². The molecule has 0 aromatic heterocycles. The van der Waals surface area contributed by atoms with E-state index in [4.69, 9.17) is 4.74 Å². The Bertz CT molecular complexity index is 1330. The molecule has 0 aliphatic carbocycles. The topological polar surface area (TPSA) is 96.0 Å². The Morgan fingerprint density at radius 3 is 2.10 bits per heavy atom. The van der Waals surface area contributed by atoms with Gasteiger partial charge in [-0.15, -0.1) is 0 Å². The summed E-state index contributed by atoms with van der Waals surface area (Å²) in [4.78, 5) is 28.0. The number of hydrogen-bond acceptors (Lipinski definition) is 5. The average molecular weight is 556 g/mol. The van der Waals surface area contributed by atoms with Crippen molar-refractivity contribution in [3.05, 3.63) is 90.2 Å². The minimum Gasteiger partial charge on any atom is -0.457 e. The first-order valence-corrected chi connectivity index (χ1v) is 14.6. The van der Waals surface area contributed by atoms with Crippen LogP contribution in [-0.4, -0.2) is 50.5 Å². The maximum absolute atomic E-state index is 13.7. The van der Waals surface area contributed by atoms with E-state index in [0.29, 0.717) is 30.0 Å². The molecule has 0 aliphatic rings. The van der Waals surface area contributed by atoms with Gasteiger partial charge in [-0.2, -0.15) is 0 Å². The van der Waals surface area contributed by atoms with Gasteiger partial charge in [0, 0.05) is 13.1 Å². The third-order valence-corrected chi connectivity index (χ3v) is 7.12. The molecule has 0 saturated heterocycles. The molecule has 8 nitrogen and oxygen atoms in total. The van der Waals surface area contributed by atoms with Crippen LogP contribution < -0.4 is 14.4 Å². The molecule has 3 rings (SSSR count). The fraction of sp³-hybridized carbons (Fsp3) is 0.310. The summed E-state index contributed by atoms with van der Waals surface area (Å²) in [6, 6.07) is 20.3. The molecule has 3 aromatic rings. The molecule has 2 amide bonds. The first kappa shape index (κ1) is 29.6. The van der Waals surface area contributed by atoms with Crippen LogP contribution >= 0.6 is 0 Å². The van der Waals surface area contributed by atoms with Gasteiger partial charge < -0.3 is 15.0 Å². The smallest absolute Gasteiger partial charge is 0.244 e. The minimum atomic E-state index is -3.87. The van der Waals surface area contributed by atoms with Crippen molar-refractivity contribution in [2.24, 2.45) is 0 Å². The zero-order valence-corrected chi connectivity index (χ0v) is 23.2. The first-order chi connectivity index (χ1) is 18.6. The fourth-order valence-corrected chi connectivity index (χ4v) is 4.84. The summed E-state index contributed by atoms with van der Waals surface area (Å²) in [6.45, 7) is 3.64. The van der Waals surface area contributed by atoms with Crippen molar-refractivity contribution < 1.29 is 27.1 Å². The van der Waals surface area contributed by atoms with Crippen molar-refractivity contribution in [1.29, 1.82) is 0 Å². The van der Waals surface area contributed by atoms with Gasteiger partial charge >= 0.3 is 0 Å². The molecule has 0 radical (unpaired) electrons. The Morgan fingerprint density at radius 2 is 1.54 bits per heavy atom. The molecule has 0 fully saturated rings. The average Bonchev–Trinajstić information content (AvgIpc) is 2.92. The molecular weight excluding hydrogens is 521 g/mol. The highest BCUT2D eigenvalue weighted by molar-refractivity contribution is 7.92. The lowest BCUT2D eigenvalue weighted by Gasteiger charge is -2.33. The Balaban J connectivity index is 1.87. The Hall–Kier alpha value is -3.92.